The van der Waals surface area contributed by atoms with E-state index in [1.54, 1.807) is 14.0 Å². The van der Waals surface area contributed by atoms with E-state index < -0.39 is 0 Å². The number of aliphatic hydroxyl groups excluding tert-OH is 1. The molecule has 0 bridgehead atoms. The lowest BCUT2D eigenvalue weighted by Gasteiger charge is -2.31. The van der Waals surface area contributed by atoms with Crippen LogP contribution in [0.5, 0.6) is 0 Å². The van der Waals surface area contributed by atoms with E-state index >= 15 is 0 Å². The summed E-state index contributed by atoms with van der Waals surface area (Å²) in [6.45, 7) is 4.10. The van der Waals surface area contributed by atoms with Gasteiger partial charge < -0.3 is 10.0 Å². The Kier molecular flexibility index (Phi) is 4.52. The van der Waals surface area contributed by atoms with Crippen LogP contribution in [0.3, 0.4) is 0 Å². The van der Waals surface area contributed by atoms with Crippen molar-refractivity contribution in [2.75, 3.05) is 19.7 Å². The number of hydrogen-bond donors (Lipinski definition) is 1. The lowest BCUT2D eigenvalue weighted by molar-refractivity contribution is -0.133. The fourth-order valence-electron chi connectivity index (χ4n) is 3.33. The number of hydrogen-bond acceptors (Lipinski definition) is 3. The maximum Gasteiger partial charge on any atom is 0.329 e. The Morgan fingerprint density at radius 2 is 1.78 bits per heavy atom. The van der Waals surface area contributed by atoms with Crippen molar-refractivity contribution in [3.63, 3.8) is 0 Å². The van der Waals surface area contributed by atoms with Crippen LogP contribution in [0.4, 0.5) is 0 Å². The molecule has 0 aliphatic carbocycles. The van der Waals surface area contributed by atoms with Crippen molar-refractivity contribution >= 4 is 16.9 Å². The maximum absolute atomic E-state index is 12.6. The van der Waals surface area contributed by atoms with Crippen molar-refractivity contribution in [3.8, 4) is 0 Å². The van der Waals surface area contributed by atoms with E-state index in [2.05, 4.69) is 0 Å². The molecule has 1 aromatic carbocycles. The first-order chi connectivity index (χ1) is 11.2. The third kappa shape index (κ3) is 2.91. The van der Waals surface area contributed by atoms with Gasteiger partial charge >= 0.3 is 5.69 Å². The van der Waals surface area contributed by atoms with Crippen LogP contribution in [-0.2, 0) is 17.9 Å². The fourth-order valence-corrected chi connectivity index (χ4v) is 3.33. The highest BCUT2D eigenvalue weighted by Gasteiger charge is 2.23. The summed E-state index contributed by atoms with van der Waals surface area (Å²) in [6, 6.07) is 7.58. The minimum absolute atomic E-state index is 0.0255. The molecule has 1 aliphatic heterocycles. The SMILES string of the molecule is CCn1c(=O)n(CC(=O)N2CCC(CO)CC2)c2ccccc21. The van der Waals surface area contributed by atoms with Gasteiger partial charge in [0.25, 0.3) is 0 Å². The predicted octanol–water partition coefficient (Wildman–Crippen LogP) is 1.05. The van der Waals surface area contributed by atoms with Gasteiger partial charge in [0.05, 0.1) is 11.0 Å². The minimum Gasteiger partial charge on any atom is -0.396 e. The molecule has 0 unspecified atom stereocenters. The number of carbonyl (C=O) groups excluding carboxylic acids is 1. The van der Waals surface area contributed by atoms with Crippen molar-refractivity contribution in [2.45, 2.75) is 32.9 Å². The molecule has 1 fully saturated rings. The average Bonchev–Trinajstić information content (AvgIpc) is 2.86. The molecule has 1 aliphatic rings. The number of para-hydroxylation sites is 2. The van der Waals surface area contributed by atoms with Crippen LogP contribution < -0.4 is 5.69 Å². The van der Waals surface area contributed by atoms with Gasteiger partial charge in [-0.2, -0.15) is 0 Å². The Hall–Kier alpha value is -2.08. The predicted molar refractivity (Wildman–Crippen MR) is 88.3 cm³/mol. The lowest BCUT2D eigenvalue weighted by atomic mass is 9.98. The largest absolute Gasteiger partial charge is 0.396 e. The summed E-state index contributed by atoms with van der Waals surface area (Å²) in [6.07, 6.45) is 1.65. The van der Waals surface area contributed by atoms with Gasteiger partial charge in [-0.15, -0.1) is 0 Å². The second kappa shape index (κ2) is 6.58. The average molecular weight is 317 g/mol. The van der Waals surface area contributed by atoms with E-state index in [4.69, 9.17) is 0 Å². The van der Waals surface area contributed by atoms with E-state index in [1.807, 2.05) is 31.2 Å². The first kappa shape index (κ1) is 15.8. The van der Waals surface area contributed by atoms with Gasteiger partial charge in [-0.1, -0.05) is 12.1 Å². The van der Waals surface area contributed by atoms with Gasteiger partial charge in [-0.05, 0) is 37.8 Å². The molecule has 124 valence electrons. The molecule has 2 heterocycles. The number of amides is 1. The van der Waals surface area contributed by atoms with Crippen LogP contribution in [0.25, 0.3) is 11.0 Å². The summed E-state index contributed by atoms with van der Waals surface area (Å²) in [5.41, 5.74) is 1.54. The van der Waals surface area contributed by atoms with Crippen molar-refractivity contribution in [1.29, 1.82) is 0 Å². The van der Waals surface area contributed by atoms with Crippen molar-refractivity contribution in [1.82, 2.24) is 14.0 Å². The first-order valence-electron chi connectivity index (χ1n) is 8.22. The zero-order valence-electron chi connectivity index (χ0n) is 13.4. The van der Waals surface area contributed by atoms with Gasteiger partial charge in [0.1, 0.15) is 6.54 Å². The number of aromatic nitrogens is 2. The summed E-state index contributed by atoms with van der Waals surface area (Å²) in [5, 5.41) is 9.18. The molecular weight excluding hydrogens is 294 g/mol. The first-order valence-corrected chi connectivity index (χ1v) is 8.22. The number of likely N-dealkylation sites (tertiary alicyclic amines) is 1. The molecule has 3 rings (SSSR count). The number of rotatable bonds is 4. The molecule has 1 amide bonds. The molecule has 0 spiro atoms. The number of aryl methyl sites for hydroxylation is 1. The Morgan fingerprint density at radius 3 is 2.35 bits per heavy atom. The van der Waals surface area contributed by atoms with E-state index in [9.17, 15) is 14.7 Å². The number of aliphatic hydroxyl groups is 1. The number of nitrogens with zero attached hydrogens (tertiary/aromatic N) is 3. The zero-order valence-corrected chi connectivity index (χ0v) is 13.4. The number of benzene rings is 1. The molecule has 23 heavy (non-hydrogen) atoms. The highest BCUT2D eigenvalue weighted by molar-refractivity contribution is 5.81. The molecule has 6 heteroatoms. The molecule has 2 aromatic rings. The van der Waals surface area contributed by atoms with E-state index in [0.717, 1.165) is 23.9 Å². The number of piperidine rings is 1. The summed E-state index contributed by atoms with van der Waals surface area (Å²) >= 11 is 0. The van der Waals surface area contributed by atoms with E-state index in [1.165, 1.54) is 0 Å². The number of fused-ring (bicyclic) bond motifs is 1. The molecule has 0 atom stereocenters. The van der Waals surface area contributed by atoms with Crippen LogP contribution in [0, 0.1) is 5.92 Å². The highest BCUT2D eigenvalue weighted by atomic mass is 16.3. The third-order valence-electron chi connectivity index (χ3n) is 4.76. The highest BCUT2D eigenvalue weighted by Crippen LogP contribution is 2.17. The van der Waals surface area contributed by atoms with Crippen LogP contribution in [0.1, 0.15) is 19.8 Å². The molecule has 1 N–H and O–H groups in total. The van der Waals surface area contributed by atoms with E-state index in [-0.39, 0.29) is 24.7 Å². The molecule has 1 saturated heterocycles. The van der Waals surface area contributed by atoms with Crippen molar-refractivity contribution in [3.05, 3.63) is 34.7 Å². The van der Waals surface area contributed by atoms with Crippen LogP contribution in [0.15, 0.2) is 29.1 Å². The normalized spacial score (nSPS) is 16.2. The van der Waals surface area contributed by atoms with E-state index in [0.29, 0.717) is 25.6 Å². The standard InChI is InChI=1S/C17H23N3O3/c1-2-19-14-5-3-4-6-15(14)20(17(19)23)11-16(22)18-9-7-13(12-21)8-10-18/h3-6,13,21H,2,7-12H2,1H3. The van der Waals surface area contributed by atoms with Crippen LogP contribution in [0.2, 0.25) is 0 Å². The second-order valence-electron chi connectivity index (χ2n) is 6.11. The molecule has 0 radical (unpaired) electrons. The van der Waals surface area contributed by atoms with Gasteiger partial charge in [0.2, 0.25) is 5.91 Å². The molecule has 6 nitrogen and oxygen atoms in total. The Balaban J connectivity index is 1.83. The quantitative estimate of drug-likeness (QED) is 0.917. The summed E-state index contributed by atoms with van der Waals surface area (Å²) in [5.74, 6) is 0.270. The second-order valence-corrected chi connectivity index (χ2v) is 6.11. The summed E-state index contributed by atoms with van der Waals surface area (Å²) in [7, 11) is 0. The number of carbonyl (C=O) groups is 1. The van der Waals surface area contributed by atoms with Gasteiger partial charge in [-0.3, -0.25) is 13.9 Å². The minimum atomic E-state index is -0.132. The van der Waals surface area contributed by atoms with Gasteiger partial charge in [0, 0.05) is 26.2 Å². The molecular formula is C17H23N3O3. The zero-order chi connectivity index (χ0) is 16.4. The molecule has 0 saturated carbocycles. The maximum atomic E-state index is 12.6. The topological polar surface area (TPSA) is 67.5 Å². The Bertz CT molecular complexity index is 754. The Labute approximate surface area is 134 Å². The van der Waals surface area contributed by atoms with Crippen LogP contribution >= 0.6 is 0 Å². The van der Waals surface area contributed by atoms with Crippen LogP contribution in [-0.4, -0.2) is 44.7 Å². The monoisotopic (exact) mass is 317 g/mol. The molecule has 1 aromatic heterocycles. The number of imidazole rings is 1. The Morgan fingerprint density at radius 1 is 1.17 bits per heavy atom. The smallest absolute Gasteiger partial charge is 0.329 e. The van der Waals surface area contributed by atoms with Crippen molar-refractivity contribution in [2.24, 2.45) is 5.92 Å². The summed E-state index contributed by atoms with van der Waals surface area (Å²) in [4.78, 5) is 26.9. The van der Waals surface area contributed by atoms with Gasteiger partial charge in [0.15, 0.2) is 0 Å². The summed E-state index contributed by atoms with van der Waals surface area (Å²) < 4.78 is 3.26. The van der Waals surface area contributed by atoms with Gasteiger partial charge in [-0.25, -0.2) is 4.79 Å². The fraction of sp³-hybridized carbons (Fsp3) is 0.529. The lowest BCUT2D eigenvalue weighted by Crippen LogP contribution is -2.42. The van der Waals surface area contributed by atoms with Crippen molar-refractivity contribution < 1.29 is 9.90 Å². The third-order valence-corrected chi connectivity index (χ3v) is 4.76.